The molecule has 0 amide bonds. The molecule has 2 aromatic heterocycles. The van der Waals surface area contributed by atoms with E-state index in [2.05, 4.69) is 35.3 Å². The Hall–Kier alpha value is -1.68. The van der Waals surface area contributed by atoms with Crippen LogP contribution in [0.15, 0.2) is 24.7 Å². The highest BCUT2D eigenvalue weighted by atomic mass is 15.3. The highest BCUT2D eigenvalue weighted by Gasteiger charge is 2.07. The zero-order valence-electron chi connectivity index (χ0n) is 12.1. The smallest absolute Gasteiger partial charge is 0.0724 e. The van der Waals surface area contributed by atoms with Crippen LogP contribution >= 0.6 is 0 Å². The third-order valence-corrected chi connectivity index (χ3v) is 2.93. The molecule has 2 aromatic rings. The maximum absolute atomic E-state index is 4.39. The van der Waals surface area contributed by atoms with E-state index < -0.39 is 0 Å². The quantitative estimate of drug-likeness (QED) is 0.896. The van der Waals surface area contributed by atoms with Gasteiger partial charge in [-0.1, -0.05) is 13.8 Å². The first-order valence-corrected chi connectivity index (χ1v) is 6.74. The van der Waals surface area contributed by atoms with Gasteiger partial charge in [0.15, 0.2) is 0 Å². The molecule has 0 saturated carbocycles. The largest absolute Gasteiger partial charge is 0.312 e. The summed E-state index contributed by atoms with van der Waals surface area (Å²) in [6, 6.07) is 2.08. The van der Waals surface area contributed by atoms with Crippen LogP contribution in [-0.2, 0) is 6.54 Å². The van der Waals surface area contributed by atoms with Gasteiger partial charge in [0.1, 0.15) is 0 Å². The van der Waals surface area contributed by atoms with Crippen molar-refractivity contribution in [2.45, 2.75) is 34.2 Å². The molecule has 0 aliphatic heterocycles. The molecule has 0 saturated heterocycles. The van der Waals surface area contributed by atoms with Gasteiger partial charge in [-0.05, 0) is 37.9 Å². The van der Waals surface area contributed by atoms with Gasteiger partial charge in [-0.2, -0.15) is 5.10 Å². The van der Waals surface area contributed by atoms with Crippen molar-refractivity contribution in [1.82, 2.24) is 20.1 Å². The summed E-state index contributed by atoms with van der Waals surface area (Å²) in [5, 5.41) is 7.85. The molecule has 0 fully saturated rings. The van der Waals surface area contributed by atoms with Crippen LogP contribution in [0.25, 0.3) is 5.69 Å². The molecular weight excluding hydrogens is 236 g/mol. The van der Waals surface area contributed by atoms with Gasteiger partial charge in [0.05, 0.1) is 11.9 Å². The maximum atomic E-state index is 4.39. The first kappa shape index (κ1) is 13.7. The van der Waals surface area contributed by atoms with Gasteiger partial charge >= 0.3 is 0 Å². The Morgan fingerprint density at radius 1 is 1.26 bits per heavy atom. The minimum Gasteiger partial charge on any atom is -0.312 e. The number of aromatic nitrogens is 3. The monoisotopic (exact) mass is 258 g/mol. The van der Waals surface area contributed by atoms with Gasteiger partial charge in [-0.15, -0.1) is 0 Å². The Morgan fingerprint density at radius 2 is 2.05 bits per heavy atom. The van der Waals surface area contributed by atoms with Gasteiger partial charge in [-0.3, -0.25) is 4.98 Å². The summed E-state index contributed by atoms with van der Waals surface area (Å²) >= 11 is 0. The molecule has 0 unspecified atom stereocenters. The molecule has 0 aliphatic carbocycles. The Labute approximate surface area is 114 Å². The maximum Gasteiger partial charge on any atom is 0.0724 e. The molecule has 0 spiro atoms. The minimum absolute atomic E-state index is 0.647. The van der Waals surface area contributed by atoms with E-state index >= 15 is 0 Å². The van der Waals surface area contributed by atoms with Crippen LogP contribution in [0.5, 0.6) is 0 Å². The van der Waals surface area contributed by atoms with E-state index in [4.69, 9.17) is 0 Å². The lowest BCUT2D eigenvalue weighted by atomic mass is 10.2. The summed E-state index contributed by atoms with van der Waals surface area (Å²) in [4.78, 5) is 4.39. The van der Waals surface area contributed by atoms with Gasteiger partial charge < -0.3 is 5.32 Å². The number of nitrogens with zero attached hydrogens (tertiary/aromatic N) is 3. The van der Waals surface area contributed by atoms with Crippen LogP contribution in [0.1, 0.15) is 30.7 Å². The van der Waals surface area contributed by atoms with Gasteiger partial charge in [0, 0.05) is 30.2 Å². The number of hydrogen-bond donors (Lipinski definition) is 1. The topological polar surface area (TPSA) is 42.7 Å². The summed E-state index contributed by atoms with van der Waals surface area (Å²) < 4.78 is 1.93. The number of rotatable bonds is 5. The summed E-state index contributed by atoms with van der Waals surface area (Å²) in [5.74, 6) is 0.647. The Balaban J connectivity index is 2.23. The van der Waals surface area contributed by atoms with Crippen molar-refractivity contribution < 1.29 is 0 Å². The van der Waals surface area contributed by atoms with E-state index in [0.29, 0.717) is 5.92 Å². The fourth-order valence-electron chi connectivity index (χ4n) is 1.96. The van der Waals surface area contributed by atoms with Crippen LogP contribution in [0.4, 0.5) is 0 Å². The molecule has 0 bridgehead atoms. The highest BCUT2D eigenvalue weighted by molar-refractivity contribution is 5.40. The Bertz CT molecular complexity index is 543. The average molecular weight is 258 g/mol. The van der Waals surface area contributed by atoms with Crippen molar-refractivity contribution in [3.05, 3.63) is 41.5 Å². The van der Waals surface area contributed by atoms with Crippen LogP contribution in [0.3, 0.4) is 0 Å². The van der Waals surface area contributed by atoms with Gasteiger partial charge in [0.25, 0.3) is 0 Å². The lowest BCUT2D eigenvalue weighted by Crippen LogP contribution is -2.20. The molecule has 2 rings (SSSR count). The van der Waals surface area contributed by atoms with Crippen molar-refractivity contribution in [1.29, 1.82) is 0 Å². The molecule has 102 valence electrons. The number of hydrogen-bond acceptors (Lipinski definition) is 3. The normalized spacial score (nSPS) is 11.2. The van der Waals surface area contributed by atoms with E-state index in [1.807, 2.05) is 37.1 Å². The summed E-state index contributed by atoms with van der Waals surface area (Å²) in [6.45, 7) is 10.3. The second kappa shape index (κ2) is 5.97. The van der Waals surface area contributed by atoms with Crippen molar-refractivity contribution in [2.24, 2.45) is 5.92 Å². The minimum atomic E-state index is 0.647. The van der Waals surface area contributed by atoms with E-state index in [1.54, 1.807) is 0 Å². The van der Waals surface area contributed by atoms with Crippen molar-refractivity contribution >= 4 is 0 Å². The zero-order valence-corrected chi connectivity index (χ0v) is 12.1. The first-order chi connectivity index (χ1) is 9.06. The summed E-state index contributed by atoms with van der Waals surface area (Å²) in [6.07, 6.45) is 5.86. The number of nitrogens with one attached hydrogen (secondary N) is 1. The van der Waals surface area contributed by atoms with Gasteiger partial charge in [-0.25, -0.2) is 4.68 Å². The zero-order chi connectivity index (χ0) is 13.8. The lowest BCUT2D eigenvalue weighted by molar-refractivity contribution is 0.550. The molecule has 0 radical (unpaired) electrons. The van der Waals surface area contributed by atoms with Crippen molar-refractivity contribution in [3.8, 4) is 5.69 Å². The van der Waals surface area contributed by atoms with Crippen LogP contribution < -0.4 is 5.32 Å². The van der Waals surface area contributed by atoms with Crippen LogP contribution in [-0.4, -0.2) is 21.3 Å². The van der Waals surface area contributed by atoms with E-state index in [9.17, 15) is 0 Å². The second-order valence-electron chi connectivity index (χ2n) is 5.44. The molecule has 0 atom stereocenters. The third kappa shape index (κ3) is 3.64. The number of pyridine rings is 1. The van der Waals surface area contributed by atoms with Crippen molar-refractivity contribution in [3.63, 3.8) is 0 Å². The average Bonchev–Trinajstić information content (AvgIpc) is 2.77. The Kier molecular flexibility index (Phi) is 4.32. The van der Waals surface area contributed by atoms with E-state index in [-0.39, 0.29) is 0 Å². The van der Waals surface area contributed by atoms with E-state index in [1.165, 1.54) is 5.56 Å². The van der Waals surface area contributed by atoms with Crippen LogP contribution in [0, 0.1) is 19.8 Å². The molecule has 4 nitrogen and oxygen atoms in total. The molecule has 2 heterocycles. The molecule has 0 aliphatic rings. The fraction of sp³-hybridized carbons (Fsp3) is 0.467. The molecule has 4 heteroatoms. The van der Waals surface area contributed by atoms with E-state index in [0.717, 1.165) is 30.0 Å². The Morgan fingerprint density at radius 3 is 2.68 bits per heavy atom. The lowest BCUT2D eigenvalue weighted by Gasteiger charge is -2.12. The fourth-order valence-corrected chi connectivity index (χ4v) is 1.96. The predicted molar refractivity (Wildman–Crippen MR) is 77.4 cm³/mol. The second-order valence-corrected chi connectivity index (χ2v) is 5.44. The summed E-state index contributed by atoms with van der Waals surface area (Å²) in [5.41, 5.74) is 4.46. The highest BCUT2D eigenvalue weighted by Crippen LogP contribution is 2.15. The molecule has 0 aromatic carbocycles. The summed E-state index contributed by atoms with van der Waals surface area (Å²) in [7, 11) is 0. The molecule has 1 N–H and O–H groups in total. The standard InChI is InChI=1S/C15H22N4/c1-11(2)6-16-8-14-9-17-13(4)5-15(14)19-10-12(3)7-18-19/h5,7,9-11,16H,6,8H2,1-4H3. The first-order valence-electron chi connectivity index (χ1n) is 6.74. The molecular formula is C15H22N4. The van der Waals surface area contributed by atoms with Crippen molar-refractivity contribution in [2.75, 3.05) is 6.54 Å². The molecule has 19 heavy (non-hydrogen) atoms. The SMILES string of the molecule is Cc1cnn(-c2cc(C)ncc2CNCC(C)C)c1. The third-order valence-electron chi connectivity index (χ3n) is 2.93. The predicted octanol–water partition coefficient (Wildman–Crippen LogP) is 2.63. The number of aryl methyl sites for hydroxylation is 2. The van der Waals surface area contributed by atoms with Gasteiger partial charge in [0.2, 0.25) is 0 Å². The van der Waals surface area contributed by atoms with Crippen LogP contribution in [0.2, 0.25) is 0 Å².